The molecule has 12 nitrogen and oxygen atoms in total. The summed E-state index contributed by atoms with van der Waals surface area (Å²) in [6.45, 7) is 6.07. The van der Waals surface area contributed by atoms with Gasteiger partial charge < -0.3 is 44.6 Å². The van der Waals surface area contributed by atoms with Gasteiger partial charge in [-0.05, 0) is 32.9 Å². The first-order valence-corrected chi connectivity index (χ1v) is 9.95. The van der Waals surface area contributed by atoms with Crippen LogP contribution >= 0.6 is 0 Å². The van der Waals surface area contributed by atoms with Crippen molar-refractivity contribution in [1.29, 1.82) is 0 Å². The monoisotopic (exact) mass is 466 g/mol. The Morgan fingerprint density at radius 3 is 2.52 bits per heavy atom. The highest BCUT2D eigenvalue weighted by Gasteiger charge is 2.53. The van der Waals surface area contributed by atoms with E-state index in [2.05, 4.69) is 5.32 Å². The smallest absolute Gasteiger partial charge is 0.404 e. The van der Waals surface area contributed by atoms with E-state index in [1.807, 2.05) is 0 Å². The van der Waals surface area contributed by atoms with Crippen LogP contribution in [0.5, 0.6) is 11.5 Å². The van der Waals surface area contributed by atoms with Crippen LogP contribution in [-0.4, -0.2) is 59.5 Å². The van der Waals surface area contributed by atoms with Crippen molar-refractivity contribution in [3.05, 3.63) is 28.1 Å². The van der Waals surface area contributed by atoms with Gasteiger partial charge in [0.25, 0.3) is 0 Å². The zero-order valence-electron chi connectivity index (χ0n) is 18.7. The van der Waals surface area contributed by atoms with Crippen LogP contribution in [0, 0.1) is 6.92 Å². The maximum absolute atomic E-state index is 12.3. The van der Waals surface area contributed by atoms with Crippen molar-refractivity contribution in [2.45, 2.75) is 57.9 Å². The molecule has 3 rings (SSSR count). The first kappa shape index (κ1) is 24.3. The number of anilines is 1. The number of rotatable bonds is 5. The number of amides is 2. The number of methoxy groups -OCH3 is 1. The van der Waals surface area contributed by atoms with Crippen LogP contribution in [0.2, 0.25) is 0 Å². The fourth-order valence-corrected chi connectivity index (χ4v) is 3.85. The maximum Gasteiger partial charge on any atom is 0.404 e. The van der Waals surface area contributed by atoms with Gasteiger partial charge in [0.1, 0.15) is 17.4 Å². The van der Waals surface area contributed by atoms with E-state index in [9.17, 15) is 24.6 Å². The number of primary amides is 1. The molecule has 2 aromatic rings. The standard InChI is InChI=1S/C21H26N2O10/c1-8-11(7-6-10-13(25)12(23-9(2)24)18(27)31-15(8)10)30-19-14(26)16(32-20(22)28)17(29-5)21(3,4)33-19/h6-7,14,16-17,19,25-26H,1-5H3,(H2,22,28)(H,23,24)/t14-,16+,17?,19?/m0/s1. The summed E-state index contributed by atoms with van der Waals surface area (Å²) < 4.78 is 27.4. The second-order valence-corrected chi connectivity index (χ2v) is 8.12. The summed E-state index contributed by atoms with van der Waals surface area (Å²) in [5, 5.41) is 23.6. The first-order chi connectivity index (χ1) is 15.4. The van der Waals surface area contributed by atoms with E-state index < -0.39 is 53.6 Å². The van der Waals surface area contributed by atoms with Gasteiger partial charge in [0.2, 0.25) is 12.2 Å². The van der Waals surface area contributed by atoms with Crippen LogP contribution in [-0.2, 0) is 19.0 Å². The number of aromatic hydroxyl groups is 1. The van der Waals surface area contributed by atoms with Gasteiger partial charge in [-0.3, -0.25) is 4.79 Å². The molecule has 0 aliphatic carbocycles. The van der Waals surface area contributed by atoms with Crippen LogP contribution in [0.15, 0.2) is 21.3 Å². The third-order valence-corrected chi connectivity index (χ3v) is 5.32. The third-order valence-electron chi connectivity index (χ3n) is 5.32. The number of ether oxygens (including phenoxy) is 4. The van der Waals surface area contributed by atoms with Crippen LogP contribution in [0.4, 0.5) is 10.5 Å². The van der Waals surface area contributed by atoms with Crippen molar-refractivity contribution in [2.75, 3.05) is 12.4 Å². The van der Waals surface area contributed by atoms with Crippen molar-refractivity contribution in [3.8, 4) is 11.5 Å². The van der Waals surface area contributed by atoms with Gasteiger partial charge in [0, 0.05) is 19.6 Å². The van der Waals surface area contributed by atoms with E-state index in [1.165, 1.54) is 26.2 Å². The fourth-order valence-electron chi connectivity index (χ4n) is 3.85. The molecule has 12 heteroatoms. The van der Waals surface area contributed by atoms with Crippen molar-refractivity contribution in [2.24, 2.45) is 5.73 Å². The van der Waals surface area contributed by atoms with E-state index in [0.717, 1.165) is 0 Å². The van der Waals surface area contributed by atoms with E-state index in [-0.39, 0.29) is 22.4 Å². The molecule has 1 fully saturated rings. The molecule has 1 aliphatic heterocycles. The Bertz CT molecular complexity index is 1140. The van der Waals surface area contributed by atoms with Crippen molar-refractivity contribution >= 4 is 28.7 Å². The summed E-state index contributed by atoms with van der Waals surface area (Å²) in [5.41, 5.74) is 3.07. The Hall–Kier alpha value is -3.35. The minimum atomic E-state index is -1.48. The summed E-state index contributed by atoms with van der Waals surface area (Å²) in [6.07, 6.45) is -5.94. The maximum atomic E-state index is 12.3. The molecule has 2 unspecified atom stereocenters. The van der Waals surface area contributed by atoms with Crippen molar-refractivity contribution in [1.82, 2.24) is 0 Å². The molecule has 4 atom stereocenters. The Morgan fingerprint density at radius 2 is 1.94 bits per heavy atom. The lowest BCUT2D eigenvalue weighted by molar-refractivity contribution is -0.304. The molecule has 1 aromatic heterocycles. The van der Waals surface area contributed by atoms with Crippen LogP contribution in [0.3, 0.4) is 0 Å². The Balaban J connectivity index is 2.00. The van der Waals surface area contributed by atoms with Gasteiger partial charge >= 0.3 is 11.7 Å². The quantitative estimate of drug-likeness (QED) is 0.466. The highest BCUT2D eigenvalue weighted by Crippen LogP contribution is 2.38. The molecule has 1 aliphatic rings. The molecule has 33 heavy (non-hydrogen) atoms. The van der Waals surface area contributed by atoms with Gasteiger partial charge in [0.15, 0.2) is 23.6 Å². The SMILES string of the molecule is COC1[C@H](OC(N)=O)[C@H](O)C(Oc2ccc3c(O)c(NC(C)=O)c(=O)oc3c2C)OC1(C)C. The normalized spacial score (nSPS) is 24.3. The fraction of sp³-hybridized carbons (Fsp3) is 0.476. The minimum absolute atomic E-state index is 0.00775. The predicted octanol–water partition coefficient (Wildman–Crippen LogP) is 1.12. The molecule has 0 radical (unpaired) electrons. The van der Waals surface area contributed by atoms with Crippen LogP contribution in [0.1, 0.15) is 26.3 Å². The van der Waals surface area contributed by atoms with E-state index >= 15 is 0 Å². The number of hydrogen-bond donors (Lipinski definition) is 4. The number of benzene rings is 1. The number of aliphatic hydroxyl groups is 1. The van der Waals surface area contributed by atoms with Gasteiger partial charge in [-0.15, -0.1) is 0 Å². The van der Waals surface area contributed by atoms with Gasteiger partial charge in [0.05, 0.1) is 11.0 Å². The highest BCUT2D eigenvalue weighted by atomic mass is 16.7. The minimum Gasteiger partial charge on any atom is -0.505 e. The first-order valence-electron chi connectivity index (χ1n) is 9.95. The average molecular weight is 466 g/mol. The number of aryl methyl sites for hydroxylation is 1. The molecule has 0 saturated carbocycles. The Labute approximate surface area is 188 Å². The molecule has 1 saturated heterocycles. The van der Waals surface area contributed by atoms with Crippen LogP contribution < -0.4 is 21.4 Å². The largest absolute Gasteiger partial charge is 0.505 e. The Morgan fingerprint density at radius 1 is 1.27 bits per heavy atom. The summed E-state index contributed by atoms with van der Waals surface area (Å²) in [5.74, 6) is -0.855. The topological polar surface area (TPSA) is 180 Å². The molecule has 0 spiro atoms. The number of carbonyl (C=O) groups excluding carboxylic acids is 2. The summed E-state index contributed by atoms with van der Waals surface area (Å²) in [6, 6.07) is 2.88. The number of hydrogen-bond acceptors (Lipinski definition) is 10. The summed E-state index contributed by atoms with van der Waals surface area (Å²) in [4.78, 5) is 35.0. The number of carbonyl (C=O) groups is 2. The summed E-state index contributed by atoms with van der Waals surface area (Å²) >= 11 is 0. The number of aliphatic hydroxyl groups excluding tert-OH is 1. The molecule has 0 bridgehead atoms. The van der Waals surface area contributed by atoms with Crippen molar-refractivity contribution < 1.29 is 43.2 Å². The zero-order valence-corrected chi connectivity index (χ0v) is 18.7. The van der Waals surface area contributed by atoms with E-state index in [1.54, 1.807) is 20.8 Å². The van der Waals surface area contributed by atoms with Gasteiger partial charge in [-0.25, -0.2) is 9.59 Å². The molecule has 2 heterocycles. The highest BCUT2D eigenvalue weighted by molar-refractivity contribution is 5.97. The molecule has 2 amide bonds. The number of nitrogens with two attached hydrogens (primary N) is 1. The number of nitrogens with one attached hydrogen (secondary N) is 1. The molecule has 180 valence electrons. The lowest BCUT2D eigenvalue weighted by Gasteiger charge is -2.47. The van der Waals surface area contributed by atoms with Crippen LogP contribution in [0.25, 0.3) is 11.0 Å². The summed E-state index contributed by atoms with van der Waals surface area (Å²) in [7, 11) is 1.37. The van der Waals surface area contributed by atoms with Gasteiger partial charge in [-0.2, -0.15) is 0 Å². The van der Waals surface area contributed by atoms with E-state index in [0.29, 0.717) is 5.56 Å². The molecular weight excluding hydrogens is 440 g/mol. The molecule has 5 N–H and O–H groups in total. The molecule has 1 aromatic carbocycles. The second kappa shape index (κ2) is 8.89. The number of fused-ring (bicyclic) bond motifs is 1. The Kier molecular flexibility index (Phi) is 6.54. The second-order valence-electron chi connectivity index (χ2n) is 8.12. The average Bonchev–Trinajstić information content (AvgIpc) is 2.70. The lowest BCUT2D eigenvalue weighted by atomic mass is 9.89. The predicted molar refractivity (Wildman–Crippen MR) is 114 cm³/mol. The molecular formula is C21H26N2O10. The lowest BCUT2D eigenvalue weighted by Crippen LogP contribution is -2.65. The van der Waals surface area contributed by atoms with Gasteiger partial charge in [-0.1, -0.05) is 0 Å². The zero-order chi connectivity index (χ0) is 24.7. The van der Waals surface area contributed by atoms with Crippen molar-refractivity contribution in [3.63, 3.8) is 0 Å². The third kappa shape index (κ3) is 4.58. The van der Waals surface area contributed by atoms with E-state index in [4.69, 9.17) is 29.1 Å².